The first-order chi connectivity index (χ1) is 19.4. The molecule has 6 rings (SSSR count). The number of benzene rings is 2. The maximum Gasteiger partial charge on any atom is 0.253 e. The van der Waals surface area contributed by atoms with Crippen molar-refractivity contribution in [2.75, 3.05) is 31.1 Å². The molecule has 4 heterocycles. The number of aryl methyl sites for hydroxylation is 2. The molecule has 2 aromatic rings. The Morgan fingerprint density at radius 2 is 1.77 bits per heavy atom. The van der Waals surface area contributed by atoms with E-state index in [2.05, 4.69) is 0 Å². The van der Waals surface area contributed by atoms with Gasteiger partial charge in [-0.2, -0.15) is 0 Å². The molecule has 0 radical (unpaired) electrons. The zero-order valence-corrected chi connectivity index (χ0v) is 22.9. The van der Waals surface area contributed by atoms with Crippen LogP contribution in [-0.2, 0) is 25.7 Å². The van der Waals surface area contributed by atoms with Crippen LogP contribution in [0.3, 0.4) is 0 Å². The number of amides is 3. The lowest BCUT2D eigenvalue weighted by molar-refractivity contribution is -0.144. The zero-order valence-electron chi connectivity index (χ0n) is 22.9. The summed E-state index contributed by atoms with van der Waals surface area (Å²) >= 11 is 0. The van der Waals surface area contributed by atoms with E-state index in [4.69, 9.17) is 4.74 Å². The lowest BCUT2D eigenvalue weighted by Crippen LogP contribution is -2.55. The van der Waals surface area contributed by atoms with E-state index in [-0.39, 0.29) is 30.9 Å². The molecule has 40 heavy (non-hydrogen) atoms. The van der Waals surface area contributed by atoms with Crippen LogP contribution in [0.4, 0.5) is 5.69 Å². The molecule has 8 nitrogen and oxygen atoms in total. The van der Waals surface area contributed by atoms with Gasteiger partial charge >= 0.3 is 0 Å². The largest absolute Gasteiger partial charge is 0.396 e. The minimum absolute atomic E-state index is 0.113. The number of aliphatic hydroxyl groups is 1. The van der Waals surface area contributed by atoms with Crippen LogP contribution in [0.5, 0.6) is 0 Å². The number of fused-ring (bicyclic) bond motifs is 2. The third-order valence-corrected chi connectivity index (χ3v) is 8.67. The molecule has 2 fully saturated rings. The van der Waals surface area contributed by atoms with Crippen LogP contribution in [0.15, 0.2) is 72.8 Å². The molecule has 0 aliphatic carbocycles. The van der Waals surface area contributed by atoms with Crippen LogP contribution >= 0.6 is 0 Å². The maximum atomic E-state index is 14.4. The molecule has 208 valence electrons. The molecule has 3 amide bonds. The number of carbonyl (C=O) groups is 3. The summed E-state index contributed by atoms with van der Waals surface area (Å²) in [4.78, 5) is 47.8. The van der Waals surface area contributed by atoms with Gasteiger partial charge in [-0.15, -0.1) is 0 Å². The molecule has 1 N–H and O–H groups in total. The number of carbonyl (C=O) groups excluding carboxylic acids is 3. The SMILES string of the molecule is Cc1ccc(C)c(N2CC=C[C@]34O[C@H]5C=CCN(Cc6ccccc6)C(=O)[C@H]5[C@H]3C(=O)N(CCCO)C4C2=O)c1. The van der Waals surface area contributed by atoms with Crippen molar-refractivity contribution in [1.29, 1.82) is 0 Å². The van der Waals surface area contributed by atoms with Gasteiger partial charge in [0.1, 0.15) is 11.6 Å². The molecule has 5 atom stereocenters. The fourth-order valence-electron chi connectivity index (χ4n) is 6.84. The molecule has 4 aliphatic heterocycles. The van der Waals surface area contributed by atoms with E-state index in [1.807, 2.05) is 86.7 Å². The average molecular weight is 542 g/mol. The van der Waals surface area contributed by atoms with Crippen molar-refractivity contribution in [3.8, 4) is 0 Å². The number of anilines is 1. The van der Waals surface area contributed by atoms with Gasteiger partial charge in [-0.25, -0.2) is 0 Å². The minimum Gasteiger partial charge on any atom is -0.396 e. The highest BCUT2D eigenvalue weighted by atomic mass is 16.5. The van der Waals surface area contributed by atoms with E-state index in [1.165, 1.54) is 0 Å². The van der Waals surface area contributed by atoms with Gasteiger partial charge in [0.25, 0.3) is 5.91 Å². The number of likely N-dealkylation sites (tertiary alicyclic amines) is 1. The van der Waals surface area contributed by atoms with Crippen LogP contribution < -0.4 is 4.90 Å². The summed E-state index contributed by atoms with van der Waals surface area (Å²) in [6.45, 7) is 5.22. The van der Waals surface area contributed by atoms with Crippen LogP contribution in [-0.4, -0.2) is 76.6 Å². The Balaban J connectivity index is 1.41. The first kappa shape index (κ1) is 26.5. The highest BCUT2D eigenvalue weighted by molar-refractivity contribution is 6.06. The summed E-state index contributed by atoms with van der Waals surface area (Å²) in [6, 6.07) is 14.8. The second kappa shape index (κ2) is 10.3. The Kier molecular flexibility index (Phi) is 6.84. The highest BCUT2D eigenvalue weighted by Gasteiger charge is 2.71. The fraction of sp³-hybridized carbons (Fsp3) is 0.406. The molecule has 8 heteroatoms. The summed E-state index contributed by atoms with van der Waals surface area (Å²) < 4.78 is 6.71. The maximum absolute atomic E-state index is 14.4. The number of ether oxygens (including phenoxy) is 1. The van der Waals surface area contributed by atoms with Crippen LogP contribution in [0.2, 0.25) is 0 Å². The standard InChI is InChI=1S/C32H35N3O5/c1-21-12-13-22(2)24(19-21)34-16-7-14-32-27(30(38)35(17-8-18-36)28(32)31(34)39)26-25(40-32)11-6-15-33(29(26)37)20-23-9-4-3-5-10-23/h3-7,9-14,19,25-28,36H,8,15-18,20H2,1-2H3/t25-,26+,27-,28?,32-/m0/s1. The quantitative estimate of drug-likeness (QED) is 0.568. The first-order valence-corrected chi connectivity index (χ1v) is 14.0. The second-order valence-corrected chi connectivity index (χ2v) is 11.2. The predicted octanol–water partition coefficient (Wildman–Crippen LogP) is 2.77. The summed E-state index contributed by atoms with van der Waals surface area (Å²) in [5, 5.41) is 9.62. The van der Waals surface area contributed by atoms with E-state index < -0.39 is 29.6 Å². The van der Waals surface area contributed by atoms with Gasteiger partial charge in [0.15, 0.2) is 0 Å². The zero-order chi connectivity index (χ0) is 28.0. The van der Waals surface area contributed by atoms with Crippen molar-refractivity contribution in [2.45, 2.75) is 44.6 Å². The predicted molar refractivity (Wildman–Crippen MR) is 150 cm³/mol. The van der Waals surface area contributed by atoms with Crippen LogP contribution in [0, 0.1) is 25.7 Å². The number of aliphatic hydroxyl groups excluding tert-OH is 1. The van der Waals surface area contributed by atoms with Gasteiger partial charge < -0.3 is 24.5 Å². The van der Waals surface area contributed by atoms with E-state index >= 15 is 0 Å². The van der Waals surface area contributed by atoms with Gasteiger partial charge in [0, 0.05) is 38.5 Å². The summed E-state index contributed by atoms with van der Waals surface area (Å²) in [5.74, 6) is -2.24. The molecule has 0 saturated carbocycles. The number of rotatable bonds is 6. The highest BCUT2D eigenvalue weighted by Crippen LogP contribution is 2.53. The Morgan fingerprint density at radius 1 is 0.975 bits per heavy atom. The average Bonchev–Trinajstić information content (AvgIpc) is 3.26. The fourth-order valence-corrected chi connectivity index (χ4v) is 6.84. The summed E-state index contributed by atoms with van der Waals surface area (Å²) in [5.41, 5.74) is 2.51. The lowest BCUT2D eigenvalue weighted by Gasteiger charge is -2.35. The van der Waals surface area contributed by atoms with E-state index in [9.17, 15) is 19.5 Å². The van der Waals surface area contributed by atoms with Crippen molar-refractivity contribution in [1.82, 2.24) is 9.80 Å². The van der Waals surface area contributed by atoms with E-state index in [1.54, 1.807) is 14.7 Å². The summed E-state index contributed by atoms with van der Waals surface area (Å²) in [7, 11) is 0. The van der Waals surface area contributed by atoms with Crippen molar-refractivity contribution in [2.24, 2.45) is 11.8 Å². The Morgan fingerprint density at radius 3 is 2.55 bits per heavy atom. The molecule has 0 bridgehead atoms. The third kappa shape index (κ3) is 4.17. The molecule has 2 saturated heterocycles. The third-order valence-electron chi connectivity index (χ3n) is 8.67. The van der Waals surface area contributed by atoms with Gasteiger partial charge in [0.2, 0.25) is 11.8 Å². The second-order valence-electron chi connectivity index (χ2n) is 11.2. The van der Waals surface area contributed by atoms with Crippen molar-refractivity contribution < 1.29 is 24.2 Å². The topological polar surface area (TPSA) is 90.4 Å². The number of nitrogens with zero attached hydrogens (tertiary/aromatic N) is 3. The lowest BCUT2D eigenvalue weighted by atomic mass is 9.77. The van der Waals surface area contributed by atoms with Crippen molar-refractivity contribution in [3.63, 3.8) is 0 Å². The Bertz CT molecular complexity index is 1390. The molecule has 1 spiro atoms. The van der Waals surface area contributed by atoms with Gasteiger partial charge in [0.05, 0.1) is 17.9 Å². The molecule has 2 aromatic carbocycles. The van der Waals surface area contributed by atoms with Crippen molar-refractivity contribution in [3.05, 3.63) is 89.5 Å². The van der Waals surface area contributed by atoms with E-state index in [0.717, 1.165) is 22.4 Å². The normalized spacial score (nSPS) is 29.4. The molecule has 0 aromatic heterocycles. The first-order valence-electron chi connectivity index (χ1n) is 14.0. The Labute approximate surface area is 234 Å². The summed E-state index contributed by atoms with van der Waals surface area (Å²) in [6.07, 6.45) is 7.28. The van der Waals surface area contributed by atoms with E-state index in [0.29, 0.717) is 26.1 Å². The van der Waals surface area contributed by atoms with Crippen LogP contribution in [0.1, 0.15) is 23.1 Å². The Hall–Kier alpha value is -3.75. The molecular weight excluding hydrogens is 506 g/mol. The van der Waals surface area contributed by atoms with Crippen LogP contribution in [0.25, 0.3) is 0 Å². The molecule has 1 unspecified atom stereocenters. The molecular formula is C32H35N3O5. The number of hydrogen-bond donors (Lipinski definition) is 1. The molecule has 4 aliphatic rings. The van der Waals surface area contributed by atoms with Gasteiger partial charge in [-0.05, 0) is 43.0 Å². The monoisotopic (exact) mass is 541 g/mol. The van der Waals surface area contributed by atoms with Gasteiger partial charge in [-0.3, -0.25) is 14.4 Å². The smallest absolute Gasteiger partial charge is 0.253 e. The number of hydrogen-bond acceptors (Lipinski definition) is 5. The minimum atomic E-state index is -1.28. The van der Waals surface area contributed by atoms with Crippen molar-refractivity contribution >= 4 is 23.4 Å². The van der Waals surface area contributed by atoms with Gasteiger partial charge in [-0.1, -0.05) is 66.8 Å².